The van der Waals surface area contributed by atoms with Crippen LogP contribution in [-0.4, -0.2) is 29.8 Å². The molecule has 3 aromatic rings. The zero-order chi connectivity index (χ0) is 26.1. The first-order valence-corrected chi connectivity index (χ1v) is 12.0. The van der Waals surface area contributed by atoms with Gasteiger partial charge in [0.05, 0.1) is 11.4 Å². The number of anilines is 1. The van der Waals surface area contributed by atoms with Crippen LogP contribution in [0.5, 0.6) is 0 Å². The van der Waals surface area contributed by atoms with Crippen LogP contribution < -0.4 is 4.90 Å². The van der Waals surface area contributed by atoms with Crippen molar-refractivity contribution in [1.29, 1.82) is 0 Å². The molecule has 0 spiro atoms. The summed E-state index contributed by atoms with van der Waals surface area (Å²) in [6, 6.07) is 12.1. The Balaban J connectivity index is 1.58. The fraction of sp³-hybridized carbons (Fsp3) is 0.160. The molecule has 0 saturated carbocycles. The molecule has 36 heavy (non-hydrogen) atoms. The molecule has 2 aromatic carbocycles. The van der Waals surface area contributed by atoms with Crippen molar-refractivity contribution < 1.29 is 22.8 Å². The van der Waals surface area contributed by atoms with Crippen LogP contribution in [0, 0.1) is 0 Å². The minimum atomic E-state index is -4.78. The van der Waals surface area contributed by atoms with E-state index >= 15 is 0 Å². The number of pyridine rings is 1. The molecule has 1 aliphatic heterocycles. The molecule has 0 radical (unpaired) electrons. The summed E-state index contributed by atoms with van der Waals surface area (Å²) in [6.45, 7) is 0. The predicted molar refractivity (Wildman–Crippen MR) is 137 cm³/mol. The van der Waals surface area contributed by atoms with Crippen LogP contribution >= 0.6 is 39.1 Å². The van der Waals surface area contributed by atoms with Crippen molar-refractivity contribution in [1.82, 2.24) is 4.98 Å². The van der Waals surface area contributed by atoms with Crippen LogP contribution in [0.2, 0.25) is 10.0 Å². The Kier molecular flexibility index (Phi) is 7.45. The predicted octanol–water partition coefficient (Wildman–Crippen LogP) is 7.67. The number of amides is 1. The van der Waals surface area contributed by atoms with Crippen molar-refractivity contribution >= 4 is 62.5 Å². The van der Waals surface area contributed by atoms with E-state index in [1.165, 1.54) is 41.6 Å². The van der Waals surface area contributed by atoms with Gasteiger partial charge in [-0.05, 0) is 70.0 Å². The standard InChI is InChI=1S/C25H17BrCl2F3N3O2/c1-34(23(35)16-6-8-32-9-7-16)22-10-15(3-5-21(22)26)2-4-20-14-24(36-33-20,25(29,30)31)17-11-18(27)13-19(28)12-17/h2-13H,14H2,1H3/b4-2+. The quantitative estimate of drug-likeness (QED) is 0.303. The number of oxime groups is 1. The Morgan fingerprint density at radius 3 is 2.39 bits per heavy atom. The minimum absolute atomic E-state index is 0.0570. The van der Waals surface area contributed by atoms with Crippen LogP contribution in [0.15, 0.2) is 76.6 Å². The number of hydrogen-bond donors (Lipinski definition) is 0. The van der Waals surface area contributed by atoms with Gasteiger partial charge >= 0.3 is 6.18 Å². The third kappa shape index (κ3) is 5.28. The lowest BCUT2D eigenvalue weighted by atomic mass is 9.88. The lowest BCUT2D eigenvalue weighted by Gasteiger charge is -2.29. The largest absolute Gasteiger partial charge is 0.435 e. The zero-order valence-electron chi connectivity index (χ0n) is 18.6. The maximum atomic E-state index is 14.1. The number of allylic oxidation sites excluding steroid dienone is 1. The fourth-order valence-electron chi connectivity index (χ4n) is 3.68. The van der Waals surface area contributed by atoms with Crippen molar-refractivity contribution in [2.24, 2.45) is 5.16 Å². The van der Waals surface area contributed by atoms with Crippen LogP contribution in [-0.2, 0) is 10.4 Å². The Morgan fingerprint density at radius 1 is 1.08 bits per heavy atom. The maximum Gasteiger partial charge on any atom is 0.435 e. The highest BCUT2D eigenvalue weighted by molar-refractivity contribution is 9.10. The zero-order valence-corrected chi connectivity index (χ0v) is 21.7. The third-order valence-electron chi connectivity index (χ3n) is 5.57. The molecular weight excluding hydrogens is 582 g/mol. The van der Waals surface area contributed by atoms with E-state index in [-0.39, 0.29) is 27.2 Å². The minimum Gasteiger partial charge on any atom is -0.374 e. The van der Waals surface area contributed by atoms with E-state index in [4.69, 9.17) is 28.0 Å². The Morgan fingerprint density at radius 2 is 1.75 bits per heavy atom. The van der Waals surface area contributed by atoms with Gasteiger partial charge in [-0.3, -0.25) is 9.78 Å². The third-order valence-corrected chi connectivity index (χ3v) is 6.67. The van der Waals surface area contributed by atoms with Gasteiger partial charge in [-0.1, -0.05) is 40.5 Å². The Bertz CT molecular complexity index is 1350. The van der Waals surface area contributed by atoms with E-state index in [1.807, 2.05) is 0 Å². The molecule has 1 unspecified atom stereocenters. The van der Waals surface area contributed by atoms with Crippen molar-refractivity contribution in [2.45, 2.75) is 18.2 Å². The van der Waals surface area contributed by atoms with Gasteiger partial charge in [-0.15, -0.1) is 0 Å². The molecule has 2 heterocycles. The summed E-state index contributed by atoms with van der Waals surface area (Å²) in [4.78, 5) is 23.2. The Hall–Kier alpha value is -2.88. The number of benzene rings is 2. The molecular formula is C25H17BrCl2F3N3O2. The maximum absolute atomic E-state index is 14.1. The SMILES string of the molecule is CN(C(=O)c1ccncc1)c1cc(/C=C/C2=NOC(c3cc(Cl)cc(Cl)c3)(C(F)(F)F)C2)ccc1Br. The van der Waals surface area contributed by atoms with E-state index in [0.717, 1.165) is 0 Å². The highest BCUT2D eigenvalue weighted by Crippen LogP contribution is 2.49. The number of halogens is 6. The number of nitrogens with zero attached hydrogens (tertiary/aromatic N) is 3. The summed E-state index contributed by atoms with van der Waals surface area (Å²) in [5.41, 5.74) is -1.19. The molecule has 4 rings (SSSR count). The fourth-order valence-corrected chi connectivity index (χ4v) is 4.72. The molecule has 0 fully saturated rings. The number of carbonyl (C=O) groups excluding carboxylic acids is 1. The van der Waals surface area contributed by atoms with Gasteiger partial charge in [-0.2, -0.15) is 13.2 Å². The topological polar surface area (TPSA) is 54.8 Å². The van der Waals surface area contributed by atoms with Gasteiger partial charge in [-0.25, -0.2) is 0 Å². The molecule has 5 nitrogen and oxygen atoms in total. The molecule has 186 valence electrons. The van der Waals surface area contributed by atoms with E-state index in [1.54, 1.807) is 43.5 Å². The average molecular weight is 599 g/mol. The number of carbonyl (C=O) groups is 1. The van der Waals surface area contributed by atoms with Gasteiger partial charge < -0.3 is 9.74 Å². The second kappa shape index (κ2) is 10.2. The van der Waals surface area contributed by atoms with Crippen molar-refractivity contribution in [3.05, 3.63) is 98.2 Å². The number of alkyl halides is 3. The van der Waals surface area contributed by atoms with Crippen molar-refractivity contribution in [3.8, 4) is 0 Å². The number of rotatable bonds is 5. The molecule has 0 N–H and O–H groups in total. The first kappa shape index (κ1) is 26.2. The molecule has 0 aliphatic carbocycles. The summed E-state index contributed by atoms with van der Waals surface area (Å²) in [7, 11) is 1.62. The van der Waals surface area contributed by atoms with Crippen molar-refractivity contribution in [2.75, 3.05) is 11.9 Å². The lowest BCUT2D eigenvalue weighted by Crippen LogP contribution is -2.42. The van der Waals surface area contributed by atoms with Crippen LogP contribution in [0.3, 0.4) is 0 Å². The van der Waals surface area contributed by atoms with Gasteiger partial charge in [0.2, 0.25) is 0 Å². The number of aromatic nitrogens is 1. The second-order valence-corrected chi connectivity index (χ2v) is 9.71. The van der Waals surface area contributed by atoms with Crippen molar-refractivity contribution in [3.63, 3.8) is 0 Å². The summed E-state index contributed by atoms with van der Waals surface area (Å²) in [5.74, 6) is -0.247. The smallest absolute Gasteiger partial charge is 0.374 e. The van der Waals surface area contributed by atoms with Gasteiger partial charge in [0.1, 0.15) is 0 Å². The summed E-state index contributed by atoms with van der Waals surface area (Å²) in [5, 5.41) is 3.81. The lowest BCUT2D eigenvalue weighted by molar-refractivity contribution is -0.275. The van der Waals surface area contributed by atoms with Gasteiger partial charge in [0, 0.05) is 51.5 Å². The molecule has 1 atom stereocenters. The van der Waals surface area contributed by atoms with Crippen LogP contribution in [0.1, 0.15) is 27.9 Å². The van der Waals surface area contributed by atoms with E-state index < -0.39 is 18.2 Å². The first-order chi connectivity index (χ1) is 17.0. The Labute approximate surface area is 223 Å². The van der Waals surface area contributed by atoms with Crippen LogP contribution in [0.4, 0.5) is 18.9 Å². The molecule has 1 aromatic heterocycles. The first-order valence-electron chi connectivity index (χ1n) is 10.4. The molecule has 11 heteroatoms. The summed E-state index contributed by atoms with van der Waals surface area (Å²) >= 11 is 15.3. The molecule has 1 amide bonds. The van der Waals surface area contributed by atoms with Gasteiger partial charge in [0.25, 0.3) is 11.5 Å². The molecule has 1 aliphatic rings. The van der Waals surface area contributed by atoms with E-state index in [0.29, 0.717) is 21.3 Å². The number of hydrogen-bond acceptors (Lipinski definition) is 4. The monoisotopic (exact) mass is 597 g/mol. The average Bonchev–Trinajstić information content (AvgIpc) is 3.29. The van der Waals surface area contributed by atoms with E-state index in [9.17, 15) is 18.0 Å². The summed E-state index contributed by atoms with van der Waals surface area (Å²) < 4.78 is 43.1. The molecule has 0 saturated heterocycles. The highest BCUT2D eigenvalue weighted by Gasteiger charge is 2.62. The second-order valence-electron chi connectivity index (χ2n) is 7.98. The highest BCUT2D eigenvalue weighted by atomic mass is 79.9. The van der Waals surface area contributed by atoms with Gasteiger partial charge in [0.15, 0.2) is 0 Å². The normalized spacial score (nSPS) is 17.7. The van der Waals surface area contributed by atoms with Crippen LogP contribution in [0.25, 0.3) is 6.08 Å². The molecule has 0 bridgehead atoms. The summed E-state index contributed by atoms with van der Waals surface area (Å²) in [6.07, 6.45) is 0.752. The van der Waals surface area contributed by atoms with E-state index in [2.05, 4.69) is 26.1 Å².